The summed E-state index contributed by atoms with van der Waals surface area (Å²) in [5, 5.41) is 0. The van der Waals surface area contributed by atoms with Crippen molar-refractivity contribution in [3.05, 3.63) is 35.4 Å². The van der Waals surface area contributed by atoms with Gasteiger partial charge in [0.2, 0.25) is 6.29 Å². The molecular weight excluding hydrogens is 208 g/mol. The van der Waals surface area contributed by atoms with Crippen molar-refractivity contribution in [2.24, 2.45) is 0 Å². The quantitative estimate of drug-likeness (QED) is 0.580. The Hall–Kier alpha value is -1.84. The number of benzene rings is 1. The minimum atomic E-state index is -0.870. The number of hydrogen-bond acceptors (Lipinski definition) is 4. The Bertz CT molecular complexity index is 398. The molecule has 0 aliphatic carbocycles. The second kappa shape index (κ2) is 5.30. The molecule has 0 amide bonds. The van der Waals surface area contributed by atoms with Crippen LogP contribution < -0.4 is 0 Å². The minimum absolute atomic E-state index is 0.444. The molecule has 0 heterocycles. The molecule has 4 heteroatoms. The Morgan fingerprint density at radius 3 is 2.50 bits per heavy atom. The molecule has 1 unspecified atom stereocenters. The molecule has 0 aliphatic rings. The topological polar surface area (TPSA) is 52.6 Å². The molecule has 0 spiro atoms. The van der Waals surface area contributed by atoms with Gasteiger partial charge in [-0.3, -0.25) is 4.79 Å². The summed E-state index contributed by atoms with van der Waals surface area (Å²) in [6, 6.07) is 7.01. The summed E-state index contributed by atoms with van der Waals surface area (Å²) >= 11 is 0. The lowest BCUT2D eigenvalue weighted by atomic mass is 10.1. The Morgan fingerprint density at radius 1 is 1.25 bits per heavy atom. The molecule has 0 fully saturated rings. The minimum Gasteiger partial charge on any atom is -0.426 e. The molecule has 0 radical (unpaired) electrons. The van der Waals surface area contributed by atoms with Crippen LogP contribution in [-0.4, -0.2) is 18.2 Å². The molecule has 86 valence electrons. The maximum atomic E-state index is 11.6. The first-order valence-corrected chi connectivity index (χ1v) is 4.94. The maximum Gasteiger partial charge on any atom is 0.341 e. The van der Waals surface area contributed by atoms with Crippen molar-refractivity contribution >= 4 is 11.9 Å². The van der Waals surface area contributed by atoms with Crippen molar-refractivity contribution in [2.75, 3.05) is 0 Å². The van der Waals surface area contributed by atoms with Gasteiger partial charge in [-0.1, -0.05) is 17.7 Å². The summed E-state index contributed by atoms with van der Waals surface area (Å²) in [6.45, 7) is 4.64. The van der Waals surface area contributed by atoms with E-state index in [2.05, 4.69) is 0 Å². The number of hydrogen-bond donors (Lipinski definition) is 0. The SMILES string of the molecule is CC(=O)OC(C)OC(=O)c1cccc(C)c1. The van der Waals surface area contributed by atoms with Crippen LogP contribution in [0.5, 0.6) is 0 Å². The Balaban J connectivity index is 2.62. The van der Waals surface area contributed by atoms with Crippen LogP contribution in [0.25, 0.3) is 0 Å². The van der Waals surface area contributed by atoms with E-state index in [0.29, 0.717) is 5.56 Å². The van der Waals surface area contributed by atoms with Gasteiger partial charge in [0.25, 0.3) is 0 Å². The lowest BCUT2D eigenvalue weighted by molar-refractivity contribution is -0.162. The molecule has 16 heavy (non-hydrogen) atoms. The molecule has 0 saturated heterocycles. The molecule has 1 aromatic carbocycles. The van der Waals surface area contributed by atoms with Crippen molar-refractivity contribution in [1.82, 2.24) is 0 Å². The number of aryl methyl sites for hydroxylation is 1. The first kappa shape index (κ1) is 12.2. The summed E-state index contributed by atoms with van der Waals surface area (Å²) < 4.78 is 9.61. The fraction of sp³-hybridized carbons (Fsp3) is 0.333. The zero-order valence-electron chi connectivity index (χ0n) is 9.52. The third kappa shape index (κ3) is 3.73. The number of carbonyl (C=O) groups excluding carboxylic acids is 2. The van der Waals surface area contributed by atoms with E-state index in [-0.39, 0.29) is 0 Å². The molecule has 0 aromatic heterocycles. The van der Waals surface area contributed by atoms with Crippen LogP contribution in [0.3, 0.4) is 0 Å². The average molecular weight is 222 g/mol. The van der Waals surface area contributed by atoms with Crippen LogP contribution in [0.4, 0.5) is 0 Å². The van der Waals surface area contributed by atoms with Gasteiger partial charge in [0.1, 0.15) is 0 Å². The van der Waals surface area contributed by atoms with E-state index in [4.69, 9.17) is 9.47 Å². The molecule has 0 N–H and O–H groups in total. The predicted octanol–water partition coefficient (Wildman–Crippen LogP) is 2.06. The number of rotatable bonds is 3. The smallest absolute Gasteiger partial charge is 0.341 e. The third-order valence-corrected chi connectivity index (χ3v) is 1.86. The van der Waals surface area contributed by atoms with Gasteiger partial charge in [-0.05, 0) is 19.1 Å². The van der Waals surface area contributed by atoms with Gasteiger partial charge in [0.05, 0.1) is 5.56 Å². The van der Waals surface area contributed by atoms with Gasteiger partial charge in [0, 0.05) is 13.8 Å². The number of ether oxygens (including phenoxy) is 2. The summed E-state index contributed by atoms with van der Waals surface area (Å²) in [6.07, 6.45) is -0.870. The van der Waals surface area contributed by atoms with E-state index in [0.717, 1.165) is 5.56 Å². The maximum absolute atomic E-state index is 11.6. The van der Waals surface area contributed by atoms with Crippen molar-refractivity contribution in [1.29, 1.82) is 0 Å². The fourth-order valence-corrected chi connectivity index (χ4v) is 1.25. The van der Waals surface area contributed by atoms with Gasteiger partial charge >= 0.3 is 11.9 Å². The van der Waals surface area contributed by atoms with Crippen LogP contribution in [0.1, 0.15) is 29.8 Å². The monoisotopic (exact) mass is 222 g/mol. The standard InChI is InChI=1S/C12H14O4/c1-8-5-4-6-11(7-8)12(14)16-10(3)15-9(2)13/h4-7,10H,1-3H3. The van der Waals surface area contributed by atoms with Crippen molar-refractivity contribution in [2.45, 2.75) is 27.1 Å². The van der Waals surface area contributed by atoms with Gasteiger partial charge in [-0.2, -0.15) is 0 Å². The van der Waals surface area contributed by atoms with E-state index >= 15 is 0 Å². The largest absolute Gasteiger partial charge is 0.426 e. The zero-order valence-corrected chi connectivity index (χ0v) is 9.52. The van der Waals surface area contributed by atoms with Crippen molar-refractivity contribution in [3.8, 4) is 0 Å². The van der Waals surface area contributed by atoms with Gasteiger partial charge in [-0.15, -0.1) is 0 Å². The van der Waals surface area contributed by atoms with Crippen LogP contribution in [-0.2, 0) is 14.3 Å². The lowest BCUT2D eigenvalue weighted by Crippen LogP contribution is -2.20. The van der Waals surface area contributed by atoms with Crippen LogP contribution in [0.2, 0.25) is 0 Å². The second-order valence-electron chi connectivity index (χ2n) is 3.45. The molecule has 1 aromatic rings. The van der Waals surface area contributed by atoms with E-state index in [1.807, 2.05) is 13.0 Å². The highest BCUT2D eigenvalue weighted by atomic mass is 16.7. The van der Waals surface area contributed by atoms with Crippen molar-refractivity contribution < 1.29 is 19.1 Å². The molecule has 0 bridgehead atoms. The van der Waals surface area contributed by atoms with E-state index < -0.39 is 18.2 Å². The molecule has 1 rings (SSSR count). The highest BCUT2D eigenvalue weighted by molar-refractivity contribution is 5.89. The van der Waals surface area contributed by atoms with Crippen LogP contribution >= 0.6 is 0 Å². The Labute approximate surface area is 94.2 Å². The normalized spacial score (nSPS) is 11.7. The Morgan fingerprint density at radius 2 is 1.94 bits per heavy atom. The summed E-state index contributed by atoms with van der Waals surface area (Å²) in [5.74, 6) is -0.984. The lowest BCUT2D eigenvalue weighted by Gasteiger charge is -2.12. The van der Waals surface area contributed by atoms with Crippen LogP contribution in [0.15, 0.2) is 24.3 Å². The zero-order chi connectivity index (χ0) is 12.1. The van der Waals surface area contributed by atoms with Gasteiger partial charge in [-0.25, -0.2) is 4.79 Å². The summed E-state index contributed by atoms with van der Waals surface area (Å²) in [7, 11) is 0. The summed E-state index contributed by atoms with van der Waals surface area (Å²) in [4.78, 5) is 22.2. The van der Waals surface area contributed by atoms with E-state index in [1.54, 1.807) is 18.2 Å². The van der Waals surface area contributed by atoms with Gasteiger partial charge in [0.15, 0.2) is 0 Å². The number of esters is 2. The number of carbonyl (C=O) groups is 2. The first-order chi connectivity index (χ1) is 7.49. The second-order valence-corrected chi connectivity index (χ2v) is 3.45. The fourth-order valence-electron chi connectivity index (χ4n) is 1.25. The first-order valence-electron chi connectivity index (χ1n) is 4.94. The third-order valence-electron chi connectivity index (χ3n) is 1.86. The van der Waals surface area contributed by atoms with Crippen molar-refractivity contribution in [3.63, 3.8) is 0 Å². The Kier molecular flexibility index (Phi) is 4.05. The highest BCUT2D eigenvalue weighted by Crippen LogP contribution is 2.07. The van der Waals surface area contributed by atoms with E-state index in [9.17, 15) is 9.59 Å². The average Bonchev–Trinajstić information content (AvgIpc) is 2.16. The molecule has 0 aliphatic heterocycles. The molecule has 4 nitrogen and oxygen atoms in total. The van der Waals surface area contributed by atoms with Crippen LogP contribution in [0, 0.1) is 6.92 Å². The van der Waals surface area contributed by atoms with Gasteiger partial charge < -0.3 is 9.47 Å². The predicted molar refractivity (Wildman–Crippen MR) is 57.8 cm³/mol. The van der Waals surface area contributed by atoms with E-state index in [1.165, 1.54) is 13.8 Å². The molecular formula is C12H14O4. The molecule has 0 saturated carbocycles. The molecule has 1 atom stereocenters. The highest BCUT2D eigenvalue weighted by Gasteiger charge is 2.13. The summed E-state index contributed by atoms with van der Waals surface area (Å²) in [5.41, 5.74) is 1.41.